The van der Waals surface area contributed by atoms with Crippen molar-refractivity contribution in [2.75, 3.05) is 14.2 Å². The predicted octanol–water partition coefficient (Wildman–Crippen LogP) is -1.52. The Hall–Kier alpha value is -1.87. The third-order valence-corrected chi connectivity index (χ3v) is 3.20. The van der Waals surface area contributed by atoms with Gasteiger partial charge in [-0.05, 0) is 13.8 Å². The van der Waals surface area contributed by atoms with E-state index in [1.807, 2.05) is 0 Å². The van der Waals surface area contributed by atoms with Crippen molar-refractivity contribution in [1.29, 1.82) is 0 Å². The van der Waals surface area contributed by atoms with Crippen LogP contribution in [0.2, 0.25) is 0 Å². The zero-order valence-corrected chi connectivity index (χ0v) is 11.6. The maximum Gasteiger partial charge on any atom is 0.328 e. The van der Waals surface area contributed by atoms with Gasteiger partial charge in [-0.15, -0.1) is 0 Å². The van der Waals surface area contributed by atoms with E-state index in [0.29, 0.717) is 0 Å². The Balaban J connectivity index is 3.01. The summed E-state index contributed by atoms with van der Waals surface area (Å²) in [6, 6.07) is -3.07. The lowest BCUT2D eigenvalue weighted by atomic mass is 10.3. The van der Waals surface area contributed by atoms with Crippen molar-refractivity contribution in [3.8, 4) is 0 Å². The van der Waals surface area contributed by atoms with Crippen molar-refractivity contribution >= 4 is 18.0 Å². The van der Waals surface area contributed by atoms with E-state index in [4.69, 9.17) is 0 Å². The summed E-state index contributed by atoms with van der Waals surface area (Å²) >= 11 is 0. The molecule has 0 aromatic heterocycles. The Labute approximate surface area is 115 Å². The second kappa shape index (κ2) is 6.06. The minimum atomic E-state index is -1.65. The molecule has 1 aliphatic heterocycles. The van der Waals surface area contributed by atoms with Crippen molar-refractivity contribution < 1.29 is 34.1 Å². The molecule has 4 atom stereocenters. The highest BCUT2D eigenvalue weighted by molar-refractivity contribution is 5.88. The van der Waals surface area contributed by atoms with E-state index < -0.39 is 42.5 Å². The average Bonchev–Trinajstić information content (AvgIpc) is 2.66. The number of nitrogens with zero attached hydrogens (tertiary/aromatic N) is 2. The van der Waals surface area contributed by atoms with Crippen molar-refractivity contribution in [3.63, 3.8) is 0 Å². The van der Waals surface area contributed by atoms with Gasteiger partial charge in [0, 0.05) is 0 Å². The molecule has 9 heteroatoms. The van der Waals surface area contributed by atoms with Gasteiger partial charge < -0.3 is 19.7 Å². The minimum absolute atomic E-state index is 0.746. The number of amides is 2. The van der Waals surface area contributed by atoms with E-state index in [2.05, 4.69) is 9.47 Å². The van der Waals surface area contributed by atoms with E-state index in [1.165, 1.54) is 13.8 Å². The first kappa shape index (κ1) is 16.2. The summed E-state index contributed by atoms with van der Waals surface area (Å²) in [4.78, 5) is 36.5. The van der Waals surface area contributed by atoms with Gasteiger partial charge in [0.2, 0.25) is 0 Å². The van der Waals surface area contributed by atoms with Gasteiger partial charge in [0.15, 0.2) is 12.5 Å². The second-order valence-corrected chi connectivity index (χ2v) is 4.32. The van der Waals surface area contributed by atoms with E-state index in [9.17, 15) is 24.6 Å². The normalized spacial score (nSPS) is 25.4. The summed E-state index contributed by atoms with van der Waals surface area (Å²) in [6.45, 7) is 2.68. The molecule has 1 aliphatic rings. The largest absolute Gasteiger partial charge is 0.467 e. The molecule has 1 saturated heterocycles. The minimum Gasteiger partial charge on any atom is -0.467 e. The predicted molar refractivity (Wildman–Crippen MR) is 64.0 cm³/mol. The van der Waals surface area contributed by atoms with Gasteiger partial charge in [0.05, 0.1) is 14.2 Å². The van der Waals surface area contributed by atoms with Gasteiger partial charge in [0.1, 0.15) is 12.1 Å². The second-order valence-electron chi connectivity index (χ2n) is 4.32. The fourth-order valence-electron chi connectivity index (χ4n) is 2.00. The molecule has 2 N–H and O–H groups in total. The smallest absolute Gasteiger partial charge is 0.328 e. The summed E-state index contributed by atoms with van der Waals surface area (Å²) in [5.74, 6) is -1.51. The average molecular weight is 290 g/mol. The first-order valence-electron chi connectivity index (χ1n) is 5.90. The van der Waals surface area contributed by atoms with Gasteiger partial charge in [0.25, 0.3) is 0 Å². The number of aliphatic hydroxyl groups excluding tert-OH is 2. The van der Waals surface area contributed by atoms with Gasteiger partial charge in [-0.2, -0.15) is 0 Å². The number of hydrogen-bond donors (Lipinski definition) is 2. The molecular weight excluding hydrogens is 272 g/mol. The van der Waals surface area contributed by atoms with Crippen LogP contribution >= 0.6 is 0 Å². The molecule has 1 heterocycles. The highest BCUT2D eigenvalue weighted by Crippen LogP contribution is 2.25. The van der Waals surface area contributed by atoms with Crippen LogP contribution in [0.1, 0.15) is 13.8 Å². The molecule has 0 aromatic rings. The molecule has 1 rings (SSSR count). The third kappa shape index (κ3) is 2.54. The summed E-state index contributed by atoms with van der Waals surface area (Å²) in [6.07, 6.45) is -3.30. The molecule has 2 amide bonds. The number of carbonyl (C=O) groups is 3. The number of carbonyl (C=O) groups excluding carboxylic acids is 3. The lowest BCUT2D eigenvalue weighted by molar-refractivity contribution is -0.153. The molecule has 20 heavy (non-hydrogen) atoms. The summed E-state index contributed by atoms with van der Waals surface area (Å²) in [7, 11) is 2.27. The molecule has 0 aliphatic carbocycles. The highest BCUT2D eigenvalue weighted by Gasteiger charge is 2.51. The first-order valence-corrected chi connectivity index (χ1v) is 5.90. The molecule has 4 unspecified atom stereocenters. The van der Waals surface area contributed by atoms with Crippen molar-refractivity contribution in [1.82, 2.24) is 9.80 Å². The SMILES string of the molecule is COC(=O)C(C)N1C(=O)N(C(C)C(=O)OC)C(O)C1O. The number of methoxy groups -OCH3 is 2. The molecule has 0 bridgehead atoms. The van der Waals surface area contributed by atoms with E-state index in [1.54, 1.807) is 0 Å². The number of esters is 2. The van der Waals surface area contributed by atoms with Crippen molar-refractivity contribution in [2.24, 2.45) is 0 Å². The van der Waals surface area contributed by atoms with Crippen LogP contribution in [-0.2, 0) is 19.1 Å². The maximum atomic E-state index is 12.2. The molecule has 9 nitrogen and oxygen atoms in total. The van der Waals surface area contributed by atoms with Crippen LogP contribution in [0, 0.1) is 0 Å². The summed E-state index contributed by atoms with van der Waals surface area (Å²) in [5, 5.41) is 19.7. The topological polar surface area (TPSA) is 117 Å². The molecule has 0 saturated carbocycles. The van der Waals surface area contributed by atoms with E-state index in [0.717, 1.165) is 24.0 Å². The standard InChI is InChI=1S/C11H18N2O7/c1-5(9(16)19-3)12-7(14)8(15)13(11(12)18)6(2)10(17)20-4/h5-8,14-15H,1-4H3. The Kier molecular flexibility index (Phi) is 4.90. The van der Waals surface area contributed by atoms with Crippen LogP contribution in [0.15, 0.2) is 0 Å². The molecule has 114 valence electrons. The quantitative estimate of drug-likeness (QED) is 0.604. The van der Waals surface area contributed by atoms with Crippen LogP contribution < -0.4 is 0 Å². The number of hydrogen-bond acceptors (Lipinski definition) is 7. The monoisotopic (exact) mass is 290 g/mol. The first-order chi connectivity index (χ1) is 9.27. The van der Waals surface area contributed by atoms with Crippen LogP contribution in [0.5, 0.6) is 0 Å². The zero-order valence-electron chi connectivity index (χ0n) is 11.6. The Bertz CT molecular complexity index is 378. The zero-order chi connectivity index (χ0) is 15.6. The lowest BCUT2D eigenvalue weighted by Crippen LogP contribution is -2.48. The molecule has 0 aromatic carbocycles. The number of rotatable bonds is 4. The highest BCUT2D eigenvalue weighted by atomic mass is 16.5. The lowest BCUT2D eigenvalue weighted by Gasteiger charge is -2.25. The molecule has 0 spiro atoms. The van der Waals surface area contributed by atoms with Gasteiger partial charge in [-0.25, -0.2) is 14.4 Å². The van der Waals surface area contributed by atoms with Gasteiger partial charge in [-0.1, -0.05) is 0 Å². The maximum absolute atomic E-state index is 12.2. The summed E-state index contributed by atoms with van der Waals surface area (Å²) < 4.78 is 8.97. The van der Waals surface area contributed by atoms with E-state index >= 15 is 0 Å². The summed E-state index contributed by atoms with van der Waals surface area (Å²) in [5.41, 5.74) is 0. The Morgan fingerprint density at radius 2 is 1.30 bits per heavy atom. The molecule has 0 radical (unpaired) electrons. The van der Waals surface area contributed by atoms with Crippen molar-refractivity contribution in [2.45, 2.75) is 38.4 Å². The fourth-order valence-corrected chi connectivity index (χ4v) is 2.00. The van der Waals surface area contributed by atoms with Crippen LogP contribution in [-0.4, -0.2) is 76.7 Å². The number of aliphatic hydroxyl groups is 2. The third-order valence-electron chi connectivity index (χ3n) is 3.20. The van der Waals surface area contributed by atoms with Gasteiger partial charge in [-0.3, -0.25) is 9.80 Å². The molecule has 1 fully saturated rings. The number of ether oxygens (including phenoxy) is 2. The fraction of sp³-hybridized carbons (Fsp3) is 0.727. The Morgan fingerprint density at radius 1 is 1.00 bits per heavy atom. The van der Waals surface area contributed by atoms with E-state index in [-0.39, 0.29) is 0 Å². The van der Waals surface area contributed by atoms with Gasteiger partial charge >= 0.3 is 18.0 Å². The molecular formula is C11H18N2O7. The Morgan fingerprint density at radius 3 is 1.55 bits per heavy atom. The van der Waals surface area contributed by atoms with Crippen molar-refractivity contribution in [3.05, 3.63) is 0 Å². The van der Waals surface area contributed by atoms with Crippen LogP contribution in [0.25, 0.3) is 0 Å². The van der Waals surface area contributed by atoms with Crippen LogP contribution in [0.3, 0.4) is 0 Å². The van der Waals surface area contributed by atoms with Crippen LogP contribution in [0.4, 0.5) is 4.79 Å². The number of urea groups is 1.